The molecule has 0 amide bonds. The summed E-state index contributed by atoms with van der Waals surface area (Å²) in [5.41, 5.74) is 5.77. The molecule has 8 heteroatoms. The molecule has 0 bridgehead atoms. The van der Waals surface area contributed by atoms with Gasteiger partial charge in [-0.2, -0.15) is 9.36 Å². The first-order valence-corrected chi connectivity index (χ1v) is 6.23. The second-order valence-corrected chi connectivity index (χ2v) is 4.20. The lowest BCUT2D eigenvalue weighted by Gasteiger charge is -2.12. The lowest BCUT2D eigenvalue weighted by atomic mass is 10.1. The Hall–Kier alpha value is -2.22. The predicted octanol–water partition coefficient (Wildman–Crippen LogP) is 0.00500. The number of nitrogens with zero attached hydrogens (tertiary/aromatic N) is 4. The van der Waals surface area contributed by atoms with E-state index in [4.69, 9.17) is 10.5 Å². The second-order valence-electron chi connectivity index (χ2n) is 4.20. The minimum Gasteiger partial charge on any atom is -0.490 e. The van der Waals surface area contributed by atoms with Crippen molar-refractivity contribution >= 4 is 0 Å². The Morgan fingerprint density at radius 3 is 2.70 bits per heavy atom. The second kappa shape index (κ2) is 5.83. The van der Waals surface area contributed by atoms with E-state index in [1.807, 2.05) is 6.92 Å². The van der Waals surface area contributed by atoms with Gasteiger partial charge in [0.1, 0.15) is 23.9 Å². The van der Waals surface area contributed by atoms with Crippen LogP contribution in [0.15, 0.2) is 16.9 Å². The van der Waals surface area contributed by atoms with E-state index in [-0.39, 0.29) is 24.7 Å². The fraction of sp³-hybridized carbons (Fsp3) is 0.417. The van der Waals surface area contributed by atoms with E-state index < -0.39 is 5.69 Å². The van der Waals surface area contributed by atoms with Crippen molar-refractivity contribution in [1.82, 2.24) is 19.8 Å². The van der Waals surface area contributed by atoms with Gasteiger partial charge in [0, 0.05) is 19.7 Å². The Balaban J connectivity index is 2.59. The van der Waals surface area contributed by atoms with Crippen molar-refractivity contribution in [1.29, 1.82) is 0 Å². The molecule has 0 saturated carbocycles. The summed E-state index contributed by atoms with van der Waals surface area (Å²) in [4.78, 5) is 11.9. The molecule has 0 radical (unpaired) electrons. The van der Waals surface area contributed by atoms with E-state index in [9.17, 15) is 9.18 Å². The first kappa shape index (κ1) is 14.2. The monoisotopic (exact) mass is 281 g/mol. The molecule has 2 N–H and O–H groups in total. The van der Waals surface area contributed by atoms with E-state index >= 15 is 0 Å². The lowest BCUT2D eigenvalue weighted by Crippen LogP contribution is -2.23. The van der Waals surface area contributed by atoms with Crippen molar-refractivity contribution in [2.45, 2.75) is 13.3 Å². The van der Waals surface area contributed by atoms with Crippen LogP contribution in [0, 0.1) is 5.82 Å². The number of hydrogen-bond acceptors (Lipinski definition) is 5. The third kappa shape index (κ3) is 2.55. The van der Waals surface area contributed by atoms with Gasteiger partial charge in [-0.05, 0) is 28.5 Å². The summed E-state index contributed by atoms with van der Waals surface area (Å²) in [5.74, 6) is -0.173. The Labute approximate surface area is 114 Å². The topological polar surface area (TPSA) is 88.0 Å². The minimum atomic E-state index is -0.434. The van der Waals surface area contributed by atoms with Crippen molar-refractivity contribution < 1.29 is 9.13 Å². The fourth-order valence-corrected chi connectivity index (χ4v) is 1.77. The predicted molar refractivity (Wildman–Crippen MR) is 70.5 cm³/mol. The number of halogens is 1. The molecule has 0 unspecified atom stereocenters. The molecule has 1 heterocycles. The maximum absolute atomic E-state index is 13.8. The van der Waals surface area contributed by atoms with Crippen LogP contribution >= 0.6 is 0 Å². The van der Waals surface area contributed by atoms with Crippen LogP contribution in [0.5, 0.6) is 5.75 Å². The summed E-state index contributed by atoms with van der Waals surface area (Å²) >= 11 is 0. The molecule has 2 rings (SSSR count). The van der Waals surface area contributed by atoms with Crippen molar-refractivity contribution in [2.75, 3.05) is 13.2 Å². The third-order valence-electron chi connectivity index (χ3n) is 2.83. The van der Waals surface area contributed by atoms with Crippen LogP contribution in [0.1, 0.15) is 12.5 Å². The first-order chi connectivity index (χ1) is 9.58. The minimum absolute atomic E-state index is 0.215. The van der Waals surface area contributed by atoms with Crippen molar-refractivity contribution in [2.24, 2.45) is 12.8 Å². The zero-order chi connectivity index (χ0) is 14.7. The van der Waals surface area contributed by atoms with Crippen LogP contribution in [0.2, 0.25) is 0 Å². The zero-order valence-electron chi connectivity index (χ0n) is 11.3. The maximum atomic E-state index is 13.8. The number of benzene rings is 1. The van der Waals surface area contributed by atoms with Gasteiger partial charge in [0.2, 0.25) is 0 Å². The van der Waals surface area contributed by atoms with Crippen molar-refractivity contribution in [3.8, 4) is 11.4 Å². The highest BCUT2D eigenvalue weighted by Gasteiger charge is 2.16. The summed E-state index contributed by atoms with van der Waals surface area (Å²) in [6.07, 6.45) is 0.491. The first-order valence-electron chi connectivity index (χ1n) is 6.23. The Morgan fingerprint density at radius 2 is 2.15 bits per heavy atom. The molecule has 7 nitrogen and oxygen atoms in total. The zero-order valence-corrected chi connectivity index (χ0v) is 11.3. The molecule has 0 fully saturated rings. The van der Waals surface area contributed by atoms with Crippen LogP contribution in [-0.2, 0) is 13.5 Å². The van der Waals surface area contributed by atoms with Gasteiger partial charge in [-0.25, -0.2) is 9.18 Å². The molecule has 2 aromatic rings. The van der Waals surface area contributed by atoms with Crippen LogP contribution < -0.4 is 16.2 Å². The van der Waals surface area contributed by atoms with E-state index in [1.165, 1.54) is 19.2 Å². The highest BCUT2D eigenvalue weighted by atomic mass is 19.1. The van der Waals surface area contributed by atoms with E-state index in [1.54, 1.807) is 0 Å². The number of tetrazole rings is 1. The summed E-state index contributed by atoms with van der Waals surface area (Å²) in [7, 11) is 1.48. The summed E-state index contributed by atoms with van der Waals surface area (Å²) in [5, 5.41) is 7.38. The molecule has 20 heavy (non-hydrogen) atoms. The smallest absolute Gasteiger partial charge is 0.368 e. The molecule has 0 aliphatic heterocycles. The van der Waals surface area contributed by atoms with Gasteiger partial charge < -0.3 is 10.5 Å². The van der Waals surface area contributed by atoms with Gasteiger partial charge in [-0.15, -0.1) is 0 Å². The number of aryl methyl sites for hydroxylation is 2. The molecular formula is C12H16FN5O2. The maximum Gasteiger partial charge on any atom is 0.368 e. The largest absolute Gasteiger partial charge is 0.490 e. The molecule has 1 aromatic heterocycles. The number of nitrogens with two attached hydrogens (primary N) is 1. The molecule has 0 spiro atoms. The average Bonchev–Trinajstić information content (AvgIpc) is 2.77. The Kier molecular flexibility index (Phi) is 4.14. The van der Waals surface area contributed by atoms with Crippen LogP contribution in [-0.4, -0.2) is 32.9 Å². The Bertz CT molecular complexity index is 664. The number of rotatable bonds is 5. The Morgan fingerprint density at radius 1 is 1.40 bits per heavy atom. The number of aromatic nitrogens is 4. The fourth-order valence-electron chi connectivity index (χ4n) is 1.77. The van der Waals surface area contributed by atoms with E-state index in [0.29, 0.717) is 17.7 Å². The van der Waals surface area contributed by atoms with Crippen molar-refractivity contribution in [3.05, 3.63) is 34.0 Å². The van der Waals surface area contributed by atoms with Gasteiger partial charge in [-0.1, -0.05) is 6.92 Å². The molecular weight excluding hydrogens is 265 g/mol. The van der Waals surface area contributed by atoms with Gasteiger partial charge in [0.15, 0.2) is 0 Å². The lowest BCUT2D eigenvalue weighted by molar-refractivity contribution is 0.324. The summed E-state index contributed by atoms with van der Waals surface area (Å²) in [6, 6.07) is 2.78. The normalized spacial score (nSPS) is 10.8. The SMILES string of the molecule is CCc1cc(-n2nnn(C)c2=O)c(OCCN)cc1F. The van der Waals surface area contributed by atoms with E-state index in [2.05, 4.69) is 10.4 Å². The van der Waals surface area contributed by atoms with Gasteiger partial charge in [0.25, 0.3) is 0 Å². The average molecular weight is 281 g/mol. The summed E-state index contributed by atoms with van der Waals surface area (Å²) in [6.45, 7) is 2.32. The van der Waals surface area contributed by atoms with Crippen molar-refractivity contribution in [3.63, 3.8) is 0 Å². The van der Waals surface area contributed by atoms with Gasteiger partial charge in [0.05, 0.1) is 0 Å². The molecule has 0 aliphatic rings. The van der Waals surface area contributed by atoms with E-state index in [0.717, 1.165) is 9.36 Å². The highest BCUT2D eigenvalue weighted by Crippen LogP contribution is 2.25. The standard InChI is InChI=1S/C12H16FN5O2/c1-3-8-6-10(18-12(19)17(2)15-16-18)11(7-9(8)13)20-5-4-14/h6-7H,3-5,14H2,1-2H3. The molecule has 0 aliphatic carbocycles. The van der Waals surface area contributed by atoms with Gasteiger partial charge in [-0.3, -0.25) is 0 Å². The number of ether oxygens (including phenoxy) is 1. The van der Waals surface area contributed by atoms with Crippen LogP contribution in [0.25, 0.3) is 5.69 Å². The molecule has 0 saturated heterocycles. The molecule has 0 atom stereocenters. The third-order valence-corrected chi connectivity index (χ3v) is 2.83. The number of hydrogen-bond donors (Lipinski definition) is 1. The van der Waals surface area contributed by atoms with Crippen LogP contribution in [0.4, 0.5) is 4.39 Å². The van der Waals surface area contributed by atoms with Gasteiger partial charge >= 0.3 is 5.69 Å². The molecule has 1 aromatic carbocycles. The van der Waals surface area contributed by atoms with Crippen LogP contribution in [0.3, 0.4) is 0 Å². The molecule has 108 valence electrons. The highest BCUT2D eigenvalue weighted by molar-refractivity contribution is 5.49. The summed E-state index contributed by atoms with van der Waals surface area (Å²) < 4.78 is 21.4. The quantitative estimate of drug-likeness (QED) is 0.833.